The van der Waals surface area contributed by atoms with Crippen LogP contribution in [0.3, 0.4) is 0 Å². The molecule has 1 amide bonds. The Labute approximate surface area is 170 Å². The highest BCUT2D eigenvalue weighted by Gasteiger charge is 2.13. The smallest absolute Gasteiger partial charge is 0.244 e. The summed E-state index contributed by atoms with van der Waals surface area (Å²) in [4.78, 5) is 12.1. The summed E-state index contributed by atoms with van der Waals surface area (Å²) in [5.74, 6) is 1.09. The third kappa shape index (κ3) is 5.33. The van der Waals surface area contributed by atoms with Crippen molar-refractivity contribution in [1.82, 2.24) is 5.43 Å². The summed E-state index contributed by atoms with van der Waals surface area (Å²) in [6.07, 6.45) is 1.76. The molecule has 3 aromatic rings. The van der Waals surface area contributed by atoms with Crippen molar-refractivity contribution in [2.75, 3.05) is 0 Å². The number of carbonyl (C=O) groups excluding carboxylic acids is 1. The molecule has 28 heavy (non-hydrogen) atoms. The van der Waals surface area contributed by atoms with Gasteiger partial charge in [-0.3, -0.25) is 4.79 Å². The van der Waals surface area contributed by atoms with E-state index in [0.29, 0.717) is 16.5 Å². The van der Waals surface area contributed by atoms with E-state index in [1.54, 1.807) is 18.2 Å². The van der Waals surface area contributed by atoms with E-state index < -0.39 is 0 Å². The molecule has 0 saturated heterocycles. The van der Waals surface area contributed by atoms with Crippen LogP contribution in [0.1, 0.15) is 37.7 Å². The molecule has 1 N–H and O–H groups in total. The van der Waals surface area contributed by atoms with Gasteiger partial charge in [-0.2, -0.15) is 5.10 Å². The largest absolute Gasteiger partial charge is 0.455 e. The van der Waals surface area contributed by atoms with E-state index in [1.165, 1.54) is 11.8 Å². The van der Waals surface area contributed by atoms with Crippen molar-refractivity contribution < 1.29 is 9.21 Å². The lowest BCUT2D eigenvalue weighted by atomic mass is 9.86. The summed E-state index contributed by atoms with van der Waals surface area (Å²) in [6, 6.07) is 19.1. The Morgan fingerprint density at radius 1 is 1.04 bits per heavy atom. The van der Waals surface area contributed by atoms with Crippen molar-refractivity contribution in [3.05, 3.63) is 82.6 Å². The Balaban J connectivity index is 1.54. The van der Waals surface area contributed by atoms with Crippen LogP contribution in [0.25, 0.3) is 11.3 Å². The number of furan rings is 1. The number of hydrazone groups is 1. The van der Waals surface area contributed by atoms with Gasteiger partial charge in [-0.05, 0) is 52.9 Å². The van der Waals surface area contributed by atoms with Crippen molar-refractivity contribution in [3.8, 4) is 11.3 Å². The molecular formula is C23H23ClN2O2. The predicted molar refractivity (Wildman–Crippen MR) is 114 cm³/mol. The Kier molecular flexibility index (Phi) is 6.00. The van der Waals surface area contributed by atoms with Crippen LogP contribution in [0, 0.1) is 0 Å². The first kappa shape index (κ1) is 19.9. The first-order valence-electron chi connectivity index (χ1n) is 9.08. The summed E-state index contributed by atoms with van der Waals surface area (Å²) in [7, 11) is 0. The van der Waals surface area contributed by atoms with Crippen molar-refractivity contribution in [2.24, 2.45) is 5.10 Å². The molecule has 2 aromatic carbocycles. The molecule has 0 bridgehead atoms. The fraction of sp³-hybridized carbons (Fsp3) is 0.217. The average molecular weight is 395 g/mol. The van der Waals surface area contributed by atoms with E-state index in [0.717, 1.165) is 11.1 Å². The van der Waals surface area contributed by atoms with Gasteiger partial charge in [-0.25, -0.2) is 5.43 Å². The molecule has 144 valence electrons. The molecule has 4 nitrogen and oxygen atoms in total. The number of benzene rings is 2. The molecule has 3 rings (SSSR count). The van der Waals surface area contributed by atoms with Crippen LogP contribution < -0.4 is 5.43 Å². The Hall–Kier alpha value is -2.85. The highest BCUT2D eigenvalue weighted by molar-refractivity contribution is 6.30. The lowest BCUT2D eigenvalue weighted by Gasteiger charge is -2.19. The van der Waals surface area contributed by atoms with E-state index in [9.17, 15) is 4.79 Å². The zero-order chi connectivity index (χ0) is 20.1. The van der Waals surface area contributed by atoms with Gasteiger partial charge in [-0.15, -0.1) is 0 Å². The van der Waals surface area contributed by atoms with Gasteiger partial charge in [-0.1, -0.05) is 56.6 Å². The van der Waals surface area contributed by atoms with Crippen molar-refractivity contribution in [2.45, 2.75) is 32.6 Å². The summed E-state index contributed by atoms with van der Waals surface area (Å²) in [5, 5.41) is 4.65. The van der Waals surface area contributed by atoms with Gasteiger partial charge in [0.25, 0.3) is 0 Å². The maximum atomic E-state index is 12.1. The van der Waals surface area contributed by atoms with Gasteiger partial charge in [0.05, 0.1) is 12.6 Å². The number of hydrogen-bond acceptors (Lipinski definition) is 3. The van der Waals surface area contributed by atoms with E-state index in [2.05, 4.69) is 43.4 Å². The molecule has 1 heterocycles. The third-order valence-corrected chi connectivity index (χ3v) is 4.57. The van der Waals surface area contributed by atoms with Gasteiger partial charge in [0.2, 0.25) is 5.91 Å². The highest BCUT2D eigenvalue weighted by Crippen LogP contribution is 2.23. The quantitative estimate of drug-likeness (QED) is 0.453. The standard InChI is InChI=1S/C23H23ClN2O2/c1-23(2,3)18-8-4-16(5-9-18)14-22(27)26-25-15-20-12-13-21(28-20)17-6-10-19(24)11-7-17/h4-13,15H,14H2,1-3H3,(H,26,27)/b25-15-. The van der Waals surface area contributed by atoms with E-state index >= 15 is 0 Å². The van der Waals surface area contributed by atoms with Crippen LogP contribution in [-0.4, -0.2) is 12.1 Å². The molecule has 0 aliphatic rings. The zero-order valence-corrected chi connectivity index (χ0v) is 17.0. The molecule has 1 aromatic heterocycles. The van der Waals surface area contributed by atoms with Crippen LogP contribution in [-0.2, 0) is 16.6 Å². The van der Waals surface area contributed by atoms with Gasteiger partial charge >= 0.3 is 0 Å². The van der Waals surface area contributed by atoms with Crippen LogP contribution in [0.5, 0.6) is 0 Å². The van der Waals surface area contributed by atoms with Crippen LogP contribution >= 0.6 is 11.6 Å². The molecule has 5 heteroatoms. The zero-order valence-electron chi connectivity index (χ0n) is 16.2. The topological polar surface area (TPSA) is 54.6 Å². The number of rotatable bonds is 5. The molecule has 0 spiro atoms. The second-order valence-corrected chi connectivity index (χ2v) is 8.06. The molecule has 0 atom stereocenters. The molecule has 0 aliphatic heterocycles. The van der Waals surface area contributed by atoms with E-state index in [-0.39, 0.29) is 17.7 Å². The van der Waals surface area contributed by atoms with Crippen molar-refractivity contribution in [1.29, 1.82) is 0 Å². The molecule has 0 fully saturated rings. The van der Waals surface area contributed by atoms with Gasteiger partial charge in [0.15, 0.2) is 0 Å². The van der Waals surface area contributed by atoms with Crippen molar-refractivity contribution in [3.63, 3.8) is 0 Å². The second kappa shape index (κ2) is 8.44. The number of halogens is 1. The lowest BCUT2D eigenvalue weighted by Crippen LogP contribution is -2.20. The summed E-state index contributed by atoms with van der Waals surface area (Å²) in [6.45, 7) is 6.49. The Morgan fingerprint density at radius 2 is 1.71 bits per heavy atom. The number of nitrogens with one attached hydrogen (secondary N) is 1. The lowest BCUT2D eigenvalue weighted by molar-refractivity contribution is -0.120. The maximum Gasteiger partial charge on any atom is 0.244 e. The number of amides is 1. The minimum atomic E-state index is -0.177. The first-order chi connectivity index (χ1) is 13.3. The van der Waals surface area contributed by atoms with Crippen LogP contribution in [0.4, 0.5) is 0 Å². The Bertz CT molecular complexity index is 965. The third-order valence-electron chi connectivity index (χ3n) is 4.32. The van der Waals surface area contributed by atoms with Gasteiger partial charge < -0.3 is 4.42 Å². The minimum absolute atomic E-state index is 0.0962. The second-order valence-electron chi connectivity index (χ2n) is 7.63. The number of carbonyl (C=O) groups is 1. The van der Waals surface area contributed by atoms with Gasteiger partial charge in [0.1, 0.15) is 11.5 Å². The predicted octanol–water partition coefficient (Wildman–Crippen LogP) is 5.59. The van der Waals surface area contributed by atoms with E-state index in [4.69, 9.17) is 16.0 Å². The maximum absolute atomic E-state index is 12.1. The number of nitrogens with zero attached hydrogens (tertiary/aromatic N) is 1. The average Bonchev–Trinajstić information content (AvgIpc) is 3.11. The molecular weight excluding hydrogens is 372 g/mol. The highest BCUT2D eigenvalue weighted by atomic mass is 35.5. The fourth-order valence-electron chi connectivity index (χ4n) is 2.71. The SMILES string of the molecule is CC(C)(C)c1ccc(CC(=O)N/N=C\c2ccc(-c3ccc(Cl)cc3)o2)cc1. The molecule has 0 aliphatic carbocycles. The fourth-order valence-corrected chi connectivity index (χ4v) is 2.83. The summed E-state index contributed by atoms with van der Waals surface area (Å²) in [5.41, 5.74) is 5.74. The first-order valence-corrected chi connectivity index (χ1v) is 9.46. The van der Waals surface area contributed by atoms with Crippen LogP contribution in [0.15, 0.2) is 70.2 Å². The van der Waals surface area contributed by atoms with E-state index in [1.807, 2.05) is 30.3 Å². The number of hydrogen-bond donors (Lipinski definition) is 1. The Morgan fingerprint density at radius 3 is 2.36 bits per heavy atom. The normalized spacial score (nSPS) is 11.7. The van der Waals surface area contributed by atoms with Gasteiger partial charge in [0, 0.05) is 10.6 Å². The van der Waals surface area contributed by atoms with Crippen LogP contribution in [0.2, 0.25) is 5.02 Å². The minimum Gasteiger partial charge on any atom is -0.455 e. The molecule has 0 unspecified atom stereocenters. The summed E-state index contributed by atoms with van der Waals surface area (Å²) >= 11 is 5.90. The molecule has 0 radical (unpaired) electrons. The molecule has 0 saturated carbocycles. The van der Waals surface area contributed by atoms with Crippen molar-refractivity contribution >= 4 is 23.7 Å². The summed E-state index contributed by atoms with van der Waals surface area (Å²) < 4.78 is 5.71. The monoisotopic (exact) mass is 394 g/mol.